The van der Waals surface area contributed by atoms with Crippen molar-refractivity contribution in [2.75, 3.05) is 5.32 Å². The van der Waals surface area contributed by atoms with Gasteiger partial charge in [-0.15, -0.1) is 23.1 Å². The molecule has 2 rings (SSSR count). The zero-order valence-electron chi connectivity index (χ0n) is 11.1. The second-order valence-corrected chi connectivity index (χ2v) is 7.48. The van der Waals surface area contributed by atoms with E-state index in [0.29, 0.717) is 10.6 Å². The maximum atomic E-state index is 12.2. The fourth-order valence-electron chi connectivity index (χ4n) is 1.61. The van der Waals surface area contributed by atoms with Crippen LogP contribution < -0.4 is 11.1 Å². The average molecular weight is 385 g/mol. The summed E-state index contributed by atoms with van der Waals surface area (Å²) in [6.07, 6.45) is 0. The molecule has 2 aromatic rings. The Hall–Kier alpha value is -1.31. The van der Waals surface area contributed by atoms with Gasteiger partial charge in [-0.2, -0.15) is 0 Å². The maximum Gasteiger partial charge on any atom is 0.251 e. The van der Waals surface area contributed by atoms with Crippen LogP contribution in [-0.4, -0.2) is 17.1 Å². The molecule has 7 heteroatoms. The topological polar surface area (TPSA) is 72.2 Å². The Morgan fingerprint density at radius 3 is 2.81 bits per heavy atom. The van der Waals surface area contributed by atoms with Gasteiger partial charge in [0.2, 0.25) is 5.91 Å². The third kappa shape index (κ3) is 4.33. The van der Waals surface area contributed by atoms with Crippen molar-refractivity contribution in [2.45, 2.75) is 17.1 Å². The lowest BCUT2D eigenvalue weighted by molar-refractivity contribution is -0.115. The van der Waals surface area contributed by atoms with E-state index in [1.54, 1.807) is 11.4 Å². The third-order valence-corrected chi connectivity index (χ3v) is 5.06. The minimum atomic E-state index is -0.543. The molecular weight excluding hydrogens is 372 g/mol. The monoisotopic (exact) mass is 384 g/mol. The van der Waals surface area contributed by atoms with E-state index in [1.165, 1.54) is 23.1 Å². The van der Waals surface area contributed by atoms with Gasteiger partial charge in [-0.25, -0.2) is 0 Å². The number of nitrogens with two attached hydrogens (primary N) is 1. The van der Waals surface area contributed by atoms with Gasteiger partial charge in [0.15, 0.2) is 0 Å². The second kappa shape index (κ2) is 7.11. The Balaban J connectivity index is 2.03. The number of halogens is 1. The molecule has 0 aliphatic heterocycles. The fourth-order valence-corrected chi connectivity index (χ4v) is 3.88. The van der Waals surface area contributed by atoms with Gasteiger partial charge in [0.05, 0.1) is 10.8 Å². The van der Waals surface area contributed by atoms with E-state index in [4.69, 9.17) is 5.73 Å². The summed E-state index contributed by atoms with van der Waals surface area (Å²) in [5.74, 6) is -0.705. The van der Waals surface area contributed by atoms with E-state index >= 15 is 0 Å². The molecule has 0 aliphatic carbocycles. The van der Waals surface area contributed by atoms with Gasteiger partial charge in [0, 0.05) is 9.37 Å². The SMILES string of the molecule is CC(Sc1cccc(Br)c1)C(=O)Nc1sccc1C(N)=O. The summed E-state index contributed by atoms with van der Waals surface area (Å²) in [4.78, 5) is 24.4. The Bertz CT molecular complexity index is 672. The second-order valence-electron chi connectivity index (χ2n) is 4.23. The van der Waals surface area contributed by atoms with Crippen molar-refractivity contribution in [3.05, 3.63) is 45.7 Å². The standard InChI is InChI=1S/C14H13BrN2O2S2/c1-8(21-10-4-2-3-9(15)7-10)13(19)17-14-11(12(16)18)5-6-20-14/h2-8H,1H3,(H2,16,18)(H,17,19). The first-order valence-corrected chi connectivity index (χ1v) is 8.63. The highest BCUT2D eigenvalue weighted by Gasteiger charge is 2.18. The molecule has 0 bridgehead atoms. The van der Waals surface area contributed by atoms with Crippen LogP contribution in [0.2, 0.25) is 0 Å². The minimum absolute atomic E-state index is 0.162. The number of primary amides is 1. The van der Waals surface area contributed by atoms with E-state index in [2.05, 4.69) is 21.2 Å². The summed E-state index contributed by atoms with van der Waals surface area (Å²) in [5.41, 5.74) is 5.60. The molecule has 0 fully saturated rings. The van der Waals surface area contributed by atoms with Crippen LogP contribution in [0.1, 0.15) is 17.3 Å². The first-order valence-electron chi connectivity index (χ1n) is 6.07. The van der Waals surface area contributed by atoms with Crippen LogP contribution in [0.25, 0.3) is 0 Å². The molecule has 110 valence electrons. The third-order valence-electron chi connectivity index (χ3n) is 2.65. The van der Waals surface area contributed by atoms with Gasteiger partial charge >= 0.3 is 0 Å². The molecule has 0 aliphatic rings. The molecule has 1 heterocycles. The molecule has 2 amide bonds. The van der Waals surface area contributed by atoms with Crippen molar-refractivity contribution in [3.8, 4) is 0 Å². The number of thioether (sulfide) groups is 1. The molecule has 1 aromatic heterocycles. The van der Waals surface area contributed by atoms with Crippen LogP contribution >= 0.6 is 39.0 Å². The van der Waals surface area contributed by atoms with E-state index in [1.807, 2.05) is 31.2 Å². The van der Waals surface area contributed by atoms with E-state index in [0.717, 1.165) is 9.37 Å². The number of carbonyl (C=O) groups excluding carboxylic acids is 2. The van der Waals surface area contributed by atoms with Crippen molar-refractivity contribution < 1.29 is 9.59 Å². The summed E-state index contributed by atoms with van der Waals surface area (Å²) in [5, 5.41) is 4.68. The predicted octanol–water partition coefficient (Wildman–Crippen LogP) is 3.73. The van der Waals surface area contributed by atoms with Gasteiger partial charge in [0.1, 0.15) is 5.00 Å². The van der Waals surface area contributed by atoms with Gasteiger partial charge < -0.3 is 11.1 Å². The average Bonchev–Trinajstić information content (AvgIpc) is 2.87. The van der Waals surface area contributed by atoms with E-state index in [9.17, 15) is 9.59 Å². The van der Waals surface area contributed by atoms with E-state index in [-0.39, 0.29) is 11.2 Å². The lowest BCUT2D eigenvalue weighted by Gasteiger charge is -2.12. The zero-order valence-corrected chi connectivity index (χ0v) is 14.3. The molecule has 3 N–H and O–H groups in total. The molecule has 1 atom stereocenters. The summed E-state index contributed by atoms with van der Waals surface area (Å²) in [6, 6.07) is 9.35. The summed E-state index contributed by atoms with van der Waals surface area (Å²) < 4.78 is 0.967. The van der Waals surface area contributed by atoms with Crippen LogP contribution in [0.4, 0.5) is 5.00 Å². The van der Waals surface area contributed by atoms with Gasteiger partial charge in [-0.3, -0.25) is 9.59 Å². The van der Waals surface area contributed by atoms with Crippen molar-refractivity contribution in [2.24, 2.45) is 5.73 Å². The van der Waals surface area contributed by atoms with Gasteiger partial charge in [-0.05, 0) is 36.6 Å². The number of anilines is 1. The number of thiophene rings is 1. The molecule has 21 heavy (non-hydrogen) atoms. The Morgan fingerprint density at radius 1 is 1.38 bits per heavy atom. The lowest BCUT2D eigenvalue weighted by Crippen LogP contribution is -2.23. The number of hydrogen-bond acceptors (Lipinski definition) is 4. The van der Waals surface area contributed by atoms with E-state index < -0.39 is 5.91 Å². The number of amides is 2. The molecular formula is C14H13BrN2O2S2. The van der Waals surface area contributed by atoms with Crippen LogP contribution in [0.15, 0.2) is 45.1 Å². The molecule has 4 nitrogen and oxygen atoms in total. The number of rotatable bonds is 5. The van der Waals surface area contributed by atoms with Crippen LogP contribution in [0, 0.1) is 0 Å². The minimum Gasteiger partial charge on any atom is -0.366 e. The van der Waals surface area contributed by atoms with Gasteiger partial charge in [0.25, 0.3) is 5.91 Å². The maximum absolute atomic E-state index is 12.2. The largest absolute Gasteiger partial charge is 0.366 e. The smallest absolute Gasteiger partial charge is 0.251 e. The first kappa shape index (κ1) is 16.1. The van der Waals surface area contributed by atoms with Crippen LogP contribution in [0.3, 0.4) is 0 Å². The number of nitrogens with one attached hydrogen (secondary N) is 1. The molecule has 0 saturated carbocycles. The molecule has 0 radical (unpaired) electrons. The van der Waals surface area contributed by atoms with Crippen molar-refractivity contribution in [3.63, 3.8) is 0 Å². The van der Waals surface area contributed by atoms with Gasteiger partial charge in [-0.1, -0.05) is 22.0 Å². The Labute approximate surface area is 139 Å². The number of hydrogen-bond donors (Lipinski definition) is 2. The summed E-state index contributed by atoms with van der Waals surface area (Å²) >= 11 is 6.13. The molecule has 1 unspecified atom stereocenters. The highest BCUT2D eigenvalue weighted by Crippen LogP contribution is 2.28. The quantitative estimate of drug-likeness (QED) is 0.771. The molecule has 1 aromatic carbocycles. The van der Waals surface area contributed by atoms with Crippen LogP contribution in [-0.2, 0) is 4.79 Å². The summed E-state index contributed by atoms with van der Waals surface area (Å²) in [7, 11) is 0. The fraction of sp³-hybridized carbons (Fsp3) is 0.143. The van der Waals surface area contributed by atoms with Crippen molar-refractivity contribution >= 4 is 55.8 Å². The van der Waals surface area contributed by atoms with Crippen molar-refractivity contribution in [1.82, 2.24) is 0 Å². The van der Waals surface area contributed by atoms with Crippen molar-refractivity contribution in [1.29, 1.82) is 0 Å². The predicted molar refractivity (Wildman–Crippen MR) is 90.9 cm³/mol. The Morgan fingerprint density at radius 2 is 2.14 bits per heavy atom. The highest BCUT2D eigenvalue weighted by atomic mass is 79.9. The zero-order chi connectivity index (χ0) is 15.4. The Kier molecular flexibility index (Phi) is 5.44. The molecule has 0 saturated heterocycles. The normalized spacial score (nSPS) is 11.9. The lowest BCUT2D eigenvalue weighted by atomic mass is 10.3. The summed E-state index contributed by atoms with van der Waals surface area (Å²) in [6.45, 7) is 1.82. The number of benzene rings is 1. The molecule has 0 spiro atoms. The first-order chi connectivity index (χ1) is 9.97. The highest BCUT2D eigenvalue weighted by molar-refractivity contribution is 9.10. The number of carbonyl (C=O) groups is 2. The van der Waals surface area contributed by atoms with Crippen LogP contribution in [0.5, 0.6) is 0 Å².